The molecule has 82 valence electrons. The minimum Gasteiger partial charge on any atom is -0.455 e. The lowest BCUT2D eigenvalue weighted by molar-refractivity contribution is 0.477. The van der Waals surface area contributed by atoms with E-state index < -0.39 is 0 Å². The highest BCUT2D eigenvalue weighted by atomic mass is 35.5. The minimum atomic E-state index is 0.472. The molecule has 1 heterocycles. The van der Waals surface area contributed by atoms with Gasteiger partial charge in [0.2, 0.25) is 0 Å². The zero-order valence-corrected chi connectivity index (χ0v) is 9.53. The van der Waals surface area contributed by atoms with Crippen LogP contribution in [0.25, 0.3) is 0 Å². The summed E-state index contributed by atoms with van der Waals surface area (Å²) in [6.45, 7) is 1.94. The molecular formula is C12H11ClN2O. The number of anilines is 1. The van der Waals surface area contributed by atoms with Crippen LogP contribution in [0.5, 0.6) is 11.5 Å². The molecule has 3 nitrogen and oxygen atoms in total. The highest BCUT2D eigenvalue weighted by molar-refractivity contribution is 6.30. The van der Waals surface area contributed by atoms with Gasteiger partial charge in [0.1, 0.15) is 17.3 Å². The number of ether oxygens (including phenoxy) is 1. The summed E-state index contributed by atoms with van der Waals surface area (Å²) in [5.74, 6) is 1.88. The Balaban J connectivity index is 2.23. The van der Waals surface area contributed by atoms with Crippen molar-refractivity contribution in [3.63, 3.8) is 0 Å². The number of nitrogens with zero attached hydrogens (tertiary/aromatic N) is 1. The average molecular weight is 235 g/mol. The predicted molar refractivity (Wildman–Crippen MR) is 64.9 cm³/mol. The highest BCUT2D eigenvalue weighted by Gasteiger charge is 2.02. The Morgan fingerprint density at radius 2 is 2.06 bits per heavy atom. The predicted octanol–water partition coefficient (Wildman–Crippen LogP) is 3.42. The van der Waals surface area contributed by atoms with Crippen LogP contribution in [0.1, 0.15) is 5.56 Å². The Morgan fingerprint density at radius 1 is 1.25 bits per heavy atom. The van der Waals surface area contributed by atoms with Crippen LogP contribution in [0, 0.1) is 6.92 Å². The van der Waals surface area contributed by atoms with Gasteiger partial charge in [-0.3, -0.25) is 0 Å². The van der Waals surface area contributed by atoms with Gasteiger partial charge >= 0.3 is 0 Å². The number of aromatic nitrogens is 1. The van der Waals surface area contributed by atoms with E-state index in [1.54, 1.807) is 24.4 Å². The van der Waals surface area contributed by atoms with Gasteiger partial charge in [-0.2, -0.15) is 0 Å². The van der Waals surface area contributed by atoms with Crippen molar-refractivity contribution in [3.8, 4) is 11.5 Å². The van der Waals surface area contributed by atoms with Gasteiger partial charge in [0.25, 0.3) is 0 Å². The van der Waals surface area contributed by atoms with Gasteiger partial charge < -0.3 is 10.5 Å². The average Bonchev–Trinajstić information content (AvgIpc) is 2.25. The van der Waals surface area contributed by atoms with Gasteiger partial charge in [0.05, 0.1) is 6.20 Å². The van der Waals surface area contributed by atoms with E-state index in [9.17, 15) is 0 Å². The second-order valence-corrected chi connectivity index (χ2v) is 3.87. The Labute approximate surface area is 98.8 Å². The van der Waals surface area contributed by atoms with Crippen molar-refractivity contribution in [2.24, 2.45) is 0 Å². The first kappa shape index (κ1) is 10.8. The number of halogens is 1. The molecule has 0 spiro atoms. The van der Waals surface area contributed by atoms with E-state index in [1.807, 2.05) is 19.1 Å². The molecule has 0 saturated heterocycles. The third-order valence-corrected chi connectivity index (χ3v) is 2.36. The molecule has 2 aromatic rings. The fourth-order valence-corrected chi connectivity index (χ4v) is 1.53. The summed E-state index contributed by atoms with van der Waals surface area (Å²) in [5, 5.41) is 0.695. The molecule has 0 aliphatic heterocycles. The number of hydrogen-bond donors (Lipinski definition) is 1. The first-order valence-corrected chi connectivity index (χ1v) is 5.18. The summed E-state index contributed by atoms with van der Waals surface area (Å²) in [6, 6.07) is 8.93. The van der Waals surface area contributed by atoms with Crippen molar-refractivity contribution in [1.82, 2.24) is 4.98 Å². The number of nitrogen functional groups attached to an aromatic ring is 1. The molecule has 1 aromatic heterocycles. The molecule has 0 atom stereocenters. The summed E-state index contributed by atoms with van der Waals surface area (Å²) in [7, 11) is 0. The summed E-state index contributed by atoms with van der Waals surface area (Å²) in [6.07, 6.45) is 1.59. The van der Waals surface area contributed by atoms with Crippen LogP contribution in [0.3, 0.4) is 0 Å². The van der Waals surface area contributed by atoms with E-state index in [4.69, 9.17) is 22.1 Å². The van der Waals surface area contributed by atoms with Crippen molar-refractivity contribution in [2.45, 2.75) is 6.92 Å². The quantitative estimate of drug-likeness (QED) is 0.866. The fourth-order valence-electron chi connectivity index (χ4n) is 1.31. The second kappa shape index (κ2) is 4.41. The van der Waals surface area contributed by atoms with Crippen LogP contribution in [0.15, 0.2) is 36.5 Å². The molecule has 2 N–H and O–H groups in total. The van der Waals surface area contributed by atoms with Crippen LogP contribution in [-0.4, -0.2) is 4.98 Å². The van der Waals surface area contributed by atoms with E-state index in [0.717, 1.165) is 11.3 Å². The molecule has 0 amide bonds. The maximum atomic E-state index is 5.86. The van der Waals surface area contributed by atoms with Gasteiger partial charge in [-0.1, -0.05) is 11.6 Å². The van der Waals surface area contributed by atoms with Crippen LogP contribution >= 0.6 is 11.6 Å². The van der Waals surface area contributed by atoms with Crippen molar-refractivity contribution < 1.29 is 4.74 Å². The second-order valence-electron chi connectivity index (χ2n) is 3.43. The number of hydrogen-bond acceptors (Lipinski definition) is 3. The van der Waals surface area contributed by atoms with Gasteiger partial charge in [0, 0.05) is 5.02 Å². The molecule has 0 fully saturated rings. The molecule has 0 bridgehead atoms. The molecular weight excluding hydrogens is 224 g/mol. The largest absolute Gasteiger partial charge is 0.455 e. The topological polar surface area (TPSA) is 48.1 Å². The summed E-state index contributed by atoms with van der Waals surface area (Å²) in [5.41, 5.74) is 6.46. The van der Waals surface area contributed by atoms with E-state index in [-0.39, 0.29) is 0 Å². The SMILES string of the molecule is Cc1cc(Cl)ccc1Oc1ccc(N)nc1. The normalized spacial score (nSPS) is 10.1. The molecule has 0 radical (unpaired) electrons. The van der Waals surface area contributed by atoms with Crippen molar-refractivity contribution in [2.75, 3.05) is 5.73 Å². The molecule has 0 aliphatic carbocycles. The molecule has 0 aliphatic rings. The van der Waals surface area contributed by atoms with E-state index in [1.165, 1.54) is 0 Å². The number of rotatable bonds is 2. The molecule has 0 unspecified atom stereocenters. The van der Waals surface area contributed by atoms with Crippen LogP contribution in [0.4, 0.5) is 5.82 Å². The molecule has 16 heavy (non-hydrogen) atoms. The van der Waals surface area contributed by atoms with Crippen LogP contribution in [0.2, 0.25) is 5.02 Å². The fraction of sp³-hybridized carbons (Fsp3) is 0.0833. The van der Waals surface area contributed by atoms with Gasteiger partial charge in [0.15, 0.2) is 0 Å². The van der Waals surface area contributed by atoms with E-state index in [0.29, 0.717) is 16.6 Å². The molecule has 2 rings (SSSR count). The van der Waals surface area contributed by atoms with Gasteiger partial charge in [-0.05, 0) is 42.8 Å². The van der Waals surface area contributed by atoms with E-state index >= 15 is 0 Å². The maximum Gasteiger partial charge on any atom is 0.145 e. The number of aryl methyl sites for hydroxylation is 1. The van der Waals surface area contributed by atoms with Gasteiger partial charge in [-0.25, -0.2) is 4.98 Å². The zero-order chi connectivity index (χ0) is 11.5. The van der Waals surface area contributed by atoms with Crippen molar-refractivity contribution in [3.05, 3.63) is 47.1 Å². The summed E-state index contributed by atoms with van der Waals surface area (Å²) < 4.78 is 5.64. The van der Waals surface area contributed by atoms with E-state index in [2.05, 4.69) is 4.98 Å². The Bertz CT molecular complexity index is 497. The smallest absolute Gasteiger partial charge is 0.145 e. The van der Waals surface area contributed by atoms with Crippen LogP contribution < -0.4 is 10.5 Å². The molecule has 0 saturated carbocycles. The standard InChI is InChI=1S/C12H11ClN2O/c1-8-6-9(13)2-4-11(8)16-10-3-5-12(14)15-7-10/h2-7H,1H3,(H2,14,15). The first-order chi connectivity index (χ1) is 7.65. The lowest BCUT2D eigenvalue weighted by Gasteiger charge is -2.08. The molecule has 4 heteroatoms. The third-order valence-electron chi connectivity index (χ3n) is 2.12. The van der Waals surface area contributed by atoms with Gasteiger partial charge in [-0.15, -0.1) is 0 Å². The number of pyridine rings is 1. The molecule has 1 aromatic carbocycles. The minimum absolute atomic E-state index is 0.472. The summed E-state index contributed by atoms with van der Waals surface area (Å²) >= 11 is 5.86. The van der Waals surface area contributed by atoms with Crippen molar-refractivity contribution in [1.29, 1.82) is 0 Å². The highest BCUT2D eigenvalue weighted by Crippen LogP contribution is 2.26. The first-order valence-electron chi connectivity index (χ1n) is 4.81. The third kappa shape index (κ3) is 2.44. The Kier molecular flexibility index (Phi) is 2.97. The van der Waals surface area contributed by atoms with Crippen molar-refractivity contribution >= 4 is 17.4 Å². The summed E-state index contributed by atoms with van der Waals surface area (Å²) in [4.78, 5) is 3.95. The lowest BCUT2D eigenvalue weighted by atomic mass is 10.2. The van der Waals surface area contributed by atoms with Crippen LogP contribution in [-0.2, 0) is 0 Å². The monoisotopic (exact) mass is 234 g/mol. The zero-order valence-electron chi connectivity index (χ0n) is 8.77. The Morgan fingerprint density at radius 3 is 2.69 bits per heavy atom. The maximum absolute atomic E-state index is 5.86. The Hall–Kier alpha value is -1.74. The number of benzene rings is 1. The lowest BCUT2D eigenvalue weighted by Crippen LogP contribution is -1.91. The number of nitrogens with two attached hydrogens (primary N) is 1.